The van der Waals surface area contributed by atoms with Gasteiger partial charge in [-0.1, -0.05) is 12.1 Å². The van der Waals surface area contributed by atoms with E-state index in [2.05, 4.69) is 0 Å². The average Bonchev–Trinajstić information content (AvgIpc) is 2.43. The summed E-state index contributed by atoms with van der Waals surface area (Å²) in [5, 5.41) is 9.26. The molecule has 2 nitrogen and oxygen atoms in total. The van der Waals surface area contributed by atoms with E-state index >= 15 is 0 Å². The van der Waals surface area contributed by atoms with Crippen molar-refractivity contribution in [2.45, 2.75) is 6.61 Å². The molecule has 0 aliphatic heterocycles. The Morgan fingerprint density at radius 1 is 1.46 bits per heavy atom. The lowest BCUT2D eigenvalue weighted by Crippen LogP contribution is -1.89. The van der Waals surface area contributed by atoms with E-state index in [0.29, 0.717) is 10.9 Å². The van der Waals surface area contributed by atoms with E-state index in [0.717, 1.165) is 16.0 Å². The predicted octanol–water partition coefficient (Wildman–Crippen LogP) is 2.11. The van der Waals surface area contributed by atoms with Crippen LogP contribution in [0.25, 0.3) is 10.1 Å². The summed E-state index contributed by atoms with van der Waals surface area (Å²) in [5.41, 5.74) is 6.36. The van der Waals surface area contributed by atoms with Crippen LogP contribution in [0.2, 0.25) is 0 Å². The van der Waals surface area contributed by atoms with Crippen molar-refractivity contribution in [3.05, 3.63) is 28.9 Å². The number of halogens is 1. The molecule has 4 heteroatoms. The topological polar surface area (TPSA) is 46.2 Å². The molecule has 13 heavy (non-hydrogen) atoms. The van der Waals surface area contributed by atoms with E-state index in [1.165, 1.54) is 0 Å². The van der Waals surface area contributed by atoms with Crippen LogP contribution in [0.5, 0.6) is 0 Å². The van der Waals surface area contributed by atoms with Crippen molar-refractivity contribution >= 4 is 27.1 Å². The molecule has 1 aromatic heterocycles. The van der Waals surface area contributed by atoms with Crippen molar-refractivity contribution in [3.63, 3.8) is 0 Å². The molecule has 0 bridgehead atoms. The van der Waals surface area contributed by atoms with Gasteiger partial charge in [0, 0.05) is 10.1 Å². The van der Waals surface area contributed by atoms with E-state index in [9.17, 15) is 4.39 Å². The SMILES string of the molecule is Nc1c(F)sc2cccc(CO)c12. The second kappa shape index (κ2) is 2.97. The van der Waals surface area contributed by atoms with Crippen LogP contribution in [-0.4, -0.2) is 5.11 Å². The number of aliphatic hydroxyl groups is 1. The van der Waals surface area contributed by atoms with Gasteiger partial charge in [-0.2, -0.15) is 4.39 Å². The average molecular weight is 197 g/mol. The molecule has 2 aromatic rings. The lowest BCUT2D eigenvalue weighted by molar-refractivity contribution is 0.283. The molecule has 0 amide bonds. The maximum Gasteiger partial charge on any atom is 0.200 e. The molecular formula is C9H8FNOS. The smallest absolute Gasteiger partial charge is 0.200 e. The van der Waals surface area contributed by atoms with Crippen molar-refractivity contribution in [1.29, 1.82) is 0 Å². The molecule has 0 radical (unpaired) electrons. The van der Waals surface area contributed by atoms with Crippen molar-refractivity contribution in [1.82, 2.24) is 0 Å². The second-order valence-electron chi connectivity index (χ2n) is 2.74. The molecule has 0 unspecified atom stereocenters. The van der Waals surface area contributed by atoms with Crippen LogP contribution in [0, 0.1) is 5.13 Å². The van der Waals surface area contributed by atoms with Gasteiger partial charge in [-0.3, -0.25) is 0 Å². The number of thiophene rings is 1. The van der Waals surface area contributed by atoms with Gasteiger partial charge in [-0.15, -0.1) is 11.3 Å². The quantitative estimate of drug-likeness (QED) is 0.735. The zero-order chi connectivity index (χ0) is 9.42. The molecular weight excluding hydrogens is 189 g/mol. The lowest BCUT2D eigenvalue weighted by Gasteiger charge is -1.98. The second-order valence-corrected chi connectivity index (χ2v) is 3.74. The number of hydrogen-bond acceptors (Lipinski definition) is 3. The highest BCUT2D eigenvalue weighted by Gasteiger charge is 2.11. The standard InChI is InChI=1S/C9H8FNOS/c10-9-8(11)7-5(4-12)2-1-3-6(7)13-9/h1-3,12H,4,11H2. The van der Waals surface area contributed by atoms with Gasteiger partial charge in [0.25, 0.3) is 0 Å². The number of nitrogen functional groups attached to an aromatic ring is 1. The largest absolute Gasteiger partial charge is 0.395 e. The number of fused-ring (bicyclic) bond motifs is 1. The number of anilines is 1. The van der Waals surface area contributed by atoms with Crippen LogP contribution in [0.3, 0.4) is 0 Å². The Morgan fingerprint density at radius 2 is 2.23 bits per heavy atom. The van der Waals surface area contributed by atoms with Gasteiger partial charge in [-0.25, -0.2) is 0 Å². The number of nitrogens with two attached hydrogens (primary N) is 1. The third-order valence-electron chi connectivity index (χ3n) is 1.96. The molecule has 0 aliphatic rings. The highest BCUT2D eigenvalue weighted by molar-refractivity contribution is 7.18. The summed E-state index contributed by atoms with van der Waals surface area (Å²) in [4.78, 5) is 0. The van der Waals surface area contributed by atoms with Crippen molar-refractivity contribution in [3.8, 4) is 0 Å². The monoisotopic (exact) mass is 197 g/mol. The summed E-state index contributed by atoms with van der Waals surface area (Å²) in [6.45, 7) is -0.113. The van der Waals surface area contributed by atoms with Crippen LogP contribution >= 0.6 is 11.3 Å². The Labute approximate surface area is 78.4 Å². The van der Waals surface area contributed by atoms with E-state index in [4.69, 9.17) is 10.8 Å². The zero-order valence-electron chi connectivity index (χ0n) is 6.75. The molecule has 3 N–H and O–H groups in total. The highest BCUT2D eigenvalue weighted by Crippen LogP contribution is 2.34. The third-order valence-corrected chi connectivity index (χ3v) is 2.92. The molecule has 68 valence electrons. The van der Waals surface area contributed by atoms with Crippen molar-refractivity contribution < 1.29 is 9.50 Å². The van der Waals surface area contributed by atoms with Crippen molar-refractivity contribution in [2.75, 3.05) is 5.73 Å². The first kappa shape index (κ1) is 8.47. The summed E-state index contributed by atoms with van der Waals surface area (Å²) in [7, 11) is 0. The van der Waals surface area contributed by atoms with Crippen LogP contribution in [0.4, 0.5) is 10.1 Å². The molecule has 0 aliphatic carbocycles. The Hall–Kier alpha value is -1.13. The van der Waals surface area contributed by atoms with Gasteiger partial charge < -0.3 is 10.8 Å². The molecule has 0 saturated carbocycles. The molecule has 2 rings (SSSR count). The fourth-order valence-corrected chi connectivity index (χ4v) is 2.24. The number of aliphatic hydroxyl groups excluding tert-OH is 1. The van der Waals surface area contributed by atoms with E-state index in [1.807, 2.05) is 0 Å². The number of benzene rings is 1. The molecule has 0 saturated heterocycles. The summed E-state index contributed by atoms with van der Waals surface area (Å²) >= 11 is 1.01. The van der Waals surface area contributed by atoms with Gasteiger partial charge in [0.2, 0.25) is 5.13 Å². The Bertz CT molecular complexity index is 452. The minimum absolute atomic E-state index is 0.113. The molecule has 0 fully saturated rings. The van der Waals surface area contributed by atoms with Crippen molar-refractivity contribution in [2.24, 2.45) is 0 Å². The molecule has 0 atom stereocenters. The van der Waals surface area contributed by atoms with E-state index < -0.39 is 0 Å². The Kier molecular flexibility index (Phi) is 1.94. The van der Waals surface area contributed by atoms with Gasteiger partial charge in [0.05, 0.1) is 12.3 Å². The summed E-state index contributed by atoms with van der Waals surface area (Å²) in [6, 6.07) is 5.31. The maximum absolute atomic E-state index is 13.1. The first-order valence-electron chi connectivity index (χ1n) is 3.80. The predicted molar refractivity (Wildman–Crippen MR) is 52.1 cm³/mol. The van der Waals surface area contributed by atoms with Gasteiger partial charge >= 0.3 is 0 Å². The maximum atomic E-state index is 13.1. The normalized spacial score (nSPS) is 10.9. The number of rotatable bonds is 1. The molecule has 0 spiro atoms. The fourth-order valence-electron chi connectivity index (χ4n) is 1.35. The van der Waals surface area contributed by atoms with Gasteiger partial charge in [-0.05, 0) is 11.6 Å². The third kappa shape index (κ3) is 1.18. The lowest BCUT2D eigenvalue weighted by atomic mass is 10.1. The first-order valence-corrected chi connectivity index (χ1v) is 4.62. The minimum Gasteiger partial charge on any atom is -0.395 e. The first-order chi connectivity index (χ1) is 6.24. The molecule has 1 heterocycles. The summed E-state index contributed by atoms with van der Waals surface area (Å²) in [6.07, 6.45) is 0. The van der Waals surface area contributed by atoms with Crippen LogP contribution < -0.4 is 5.73 Å². The van der Waals surface area contributed by atoms with Crippen LogP contribution in [-0.2, 0) is 6.61 Å². The Morgan fingerprint density at radius 3 is 2.92 bits per heavy atom. The minimum atomic E-state index is -0.379. The fraction of sp³-hybridized carbons (Fsp3) is 0.111. The van der Waals surface area contributed by atoms with Gasteiger partial charge in [0.1, 0.15) is 0 Å². The van der Waals surface area contributed by atoms with Crippen LogP contribution in [0.15, 0.2) is 18.2 Å². The highest BCUT2D eigenvalue weighted by atomic mass is 32.1. The molecule has 1 aromatic carbocycles. The summed E-state index contributed by atoms with van der Waals surface area (Å²) < 4.78 is 13.8. The zero-order valence-corrected chi connectivity index (χ0v) is 7.57. The van der Waals surface area contributed by atoms with E-state index in [-0.39, 0.29) is 17.4 Å². The van der Waals surface area contributed by atoms with Crippen LogP contribution in [0.1, 0.15) is 5.56 Å². The van der Waals surface area contributed by atoms with Gasteiger partial charge in [0.15, 0.2) is 0 Å². The Balaban J connectivity index is 2.87. The number of hydrogen-bond donors (Lipinski definition) is 2. The van der Waals surface area contributed by atoms with E-state index in [1.54, 1.807) is 18.2 Å². The summed E-state index contributed by atoms with van der Waals surface area (Å²) in [5.74, 6) is 0.